The van der Waals surface area contributed by atoms with Crippen molar-refractivity contribution in [3.05, 3.63) is 23.8 Å². The minimum absolute atomic E-state index is 0.0300. The molecule has 7 nitrogen and oxygen atoms in total. The van der Waals surface area contributed by atoms with Gasteiger partial charge in [-0.3, -0.25) is 4.79 Å². The summed E-state index contributed by atoms with van der Waals surface area (Å²) in [5, 5.41) is 9.17. The Bertz CT molecular complexity index is 587. The summed E-state index contributed by atoms with van der Waals surface area (Å²) in [6, 6.07) is 4.41. The zero-order valence-electron chi connectivity index (χ0n) is 12.0. The third-order valence-electron chi connectivity index (χ3n) is 3.70. The van der Waals surface area contributed by atoms with Gasteiger partial charge in [-0.25, -0.2) is 4.79 Å². The van der Waals surface area contributed by atoms with Crippen molar-refractivity contribution in [1.82, 2.24) is 4.90 Å². The summed E-state index contributed by atoms with van der Waals surface area (Å²) in [6.07, 6.45) is 0.125. The lowest BCUT2D eigenvalue weighted by atomic mass is 10.1. The molecule has 3 rings (SSSR count). The highest BCUT2D eigenvalue weighted by Crippen LogP contribution is 2.31. The van der Waals surface area contributed by atoms with Gasteiger partial charge in [0.1, 0.15) is 13.2 Å². The van der Waals surface area contributed by atoms with Gasteiger partial charge in [0.2, 0.25) is 5.91 Å². The first-order valence-corrected chi connectivity index (χ1v) is 7.13. The highest BCUT2D eigenvalue weighted by Gasteiger charge is 2.32. The van der Waals surface area contributed by atoms with E-state index in [-0.39, 0.29) is 18.9 Å². The van der Waals surface area contributed by atoms with Gasteiger partial charge in [-0.15, -0.1) is 0 Å². The Balaban J connectivity index is 1.71. The van der Waals surface area contributed by atoms with Crippen LogP contribution in [0, 0.1) is 0 Å². The summed E-state index contributed by atoms with van der Waals surface area (Å²) in [7, 11) is 0. The van der Waals surface area contributed by atoms with Gasteiger partial charge in [-0.05, 0) is 17.7 Å². The van der Waals surface area contributed by atoms with Gasteiger partial charge in [0.05, 0.1) is 19.6 Å². The van der Waals surface area contributed by atoms with Crippen LogP contribution in [0.4, 0.5) is 0 Å². The standard InChI is InChI=1S/C15H17NO6/c17-14(16-3-4-20-9-11(16)15(18)19)8-10-1-2-12-13(7-10)22-6-5-21-12/h1-2,7,11H,3-6,8-9H2,(H,18,19). The molecule has 1 unspecified atom stereocenters. The van der Waals surface area contributed by atoms with Crippen molar-refractivity contribution in [3.63, 3.8) is 0 Å². The quantitative estimate of drug-likeness (QED) is 0.865. The normalized spacial score (nSPS) is 20.5. The first kappa shape index (κ1) is 14.6. The van der Waals surface area contributed by atoms with E-state index in [1.54, 1.807) is 18.2 Å². The maximum absolute atomic E-state index is 12.4. The predicted molar refractivity (Wildman–Crippen MR) is 75.1 cm³/mol. The summed E-state index contributed by atoms with van der Waals surface area (Å²) >= 11 is 0. The molecule has 0 bridgehead atoms. The lowest BCUT2D eigenvalue weighted by molar-refractivity contribution is -0.158. The molecule has 1 N–H and O–H groups in total. The number of benzene rings is 1. The van der Waals surface area contributed by atoms with E-state index in [9.17, 15) is 14.7 Å². The van der Waals surface area contributed by atoms with Crippen molar-refractivity contribution in [2.75, 3.05) is 33.0 Å². The molecule has 0 aliphatic carbocycles. The largest absolute Gasteiger partial charge is 0.486 e. The van der Waals surface area contributed by atoms with Crippen LogP contribution in [0.25, 0.3) is 0 Å². The number of hydrogen-bond donors (Lipinski definition) is 1. The lowest BCUT2D eigenvalue weighted by Gasteiger charge is -2.33. The highest BCUT2D eigenvalue weighted by atomic mass is 16.6. The second-order valence-electron chi connectivity index (χ2n) is 5.17. The van der Waals surface area contributed by atoms with E-state index in [1.807, 2.05) is 0 Å². The average Bonchev–Trinajstić information content (AvgIpc) is 2.54. The fraction of sp³-hybridized carbons (Fsp3) is 0.467. The Morgan fingerprint density at radius 2 is 1.95 bits per heavy atom. The maximum Gasteiger partial charge on any atom is 0.328 e. The minimum atomic E-state index is -1.05. The number of carbonyl (C=O) groups excluding carboxylic acids is 1. The first-order valence-electron chi connectivity index (χ1n) is 7.13. The smallest absolute Gasteiger partial charge is 0.328 e. The molecule has 1 saturated heterocycles. The molecular weight excluding hydrogens is 290 g/mol. The van der Waals surface area contributed by atoms with Crippen molar-refractivity contribution in [2.24, 2.45) is 0 Å². The summed E-state index contributed by atoms with van der Waals surface area (Å²) in [5.74, 6) is 0.00754. The molecule has 2 aliphatic heterocycles. The van der Waals surface area contributed by atoms with E-state index in [0.717, 1.165) is 5.56 Å². The molecule has 22 heavy (non-hydrogen) atoms. The van der Waals surface area contributed by atoms with Crippen LogP contribution in [0.15, 0.2) is 18.2 Å². The molecule has 7 heteroatoms. The number of carboxylic acid groups (broad SMARTS) is 1. The van der Waals surface area contributed by atoms with Crippen molar-refractivity contribution in [2.45, 2.75) is 12.5 Å². The summed E-state index contributed by atoms with van der Waals surface area (Å²) in [6.45, 7) is 1.67. The highest BCUT2D eigenvalue weighted by molar-refractivity contribution is 5.85. The van der Waals surface area contributed by atoms with Crippen LogP contribution in [0.3, 0.4) is 0 Å². The molecular formula is C15H17NO6. The fourth-order valence-electron chi connectivity index (χ4n) is 2.58. The fourth-order valence-corrected chi connectivity index (χ4v) is 2.58. The van der Waals surface area contributed by atoms with Crippen LogP contribution in [-0.2, 0) is 20.7 Å². The molecule has 118 valence electrons. The minimum Gasteiger partial charge on any atom is -0.486 e. The zero-order chi connectivity index (χ0) is 15.5. The molecule has 0 saturated carbocycles. The SMILES string of the molecule is O=C(O)C1COCCN1C(=O)Cc1ccc2c(c1)OCCO2. The van der Waals surface area contributed by atoms with Crippen molar-refractivity contribution in [3.8, 4) is 11.5 Å². The summed E-state index contributed by atoms with van der Waals surface area (Å²) in [4.78, 5) is 25.0. The van der Waals surface area contributed by atoms with E-state index >= 15 is 0 Å². The number of nitrogens with zero attached hydrogens (tertiary/aromatic N) is 1. The van der Waals surface area contributed by atoms with Crippen LogP contribution < -0.4 is 9.47 Å². The Morgan fingerprint density at radius 3 is 2.73 bits per heavy atom. The Hall–Kier alpha value is -2.28. The van der Waals surface area contributed by atoms with Crippen LogP contribution >= 0.6 is 0 Å². The number of rotatable bonds is 3. The lowest BCUT2D eigenvalue weighted by Crippen LogP contribution is -2.53. The van der Waals surface area contributed by atoms with Crippen LogP contribution in [0.5, 0.6) is 11.5 Å². The molecule has 0 radical (unpaired) electrons. The van der Waals surface area contributed by atoms with Crippen molar-refractivity contribution in [1.29, 1.82) is 0 Å². The molecule has 0 aromatic heterocycles. The molecule has 1 amide bonds. The number of carbonyl (C=O) groups is 2. The first-order chi connectivity index (χ1) is 10.6. The predicted octanol–water partition coefficient (Wildman–Crippen LogP) is 0.312. The van der Waals surface area contributed by atoms with Crippen molar-refractivity contribution >= 4 is 11.9 Å². The number of hydrogen-bond acceptors (Lipinski definition) is 5. The Labute approximate surface area is 127 Å². The monoisotopic (exact) mass is 307 g/mol. The number of carboxylic acids is 1. The van der Waals surface area contributed by atoms with Crippen molar-refractivity contribution < 1.29 is 28.9 Å². The molecule has 1 aromatic rings. The van der Waals surface area contributed by atoms with Crippen LogP contribution in [0.1, 0.15) is 5.56 Å². The van der Waals surface area contributed by atoms with E-state index in [4.69, 9.17) is 14.2 Å². The molecule has 2 heterocycles. The van der Waals surface area contributed by atoms with E-state index in [0.29, 0.717) is 37.9 Å². The second-order valence-corrected chi connectivity index (χ2v) is 5.17. The maximum atomic E-state index is 12.4. The van der Waals surface area contributed by atoms with Gasteiger partial charge in [0.15, 0.2) is 17.5 Å². The van der Waals surface area contributed by atoms with E-state index in [1.165, 1.54) is 4.90 Å². The van der Waals surface area contributed by atoms with E-state index in [2.05, 4.69) is 0 Å². The third-order valence-corrected chi connectivity index (χ3v) is 3.70. The van der Waals surface area contributed by atoms with Gasteiger partial charge >= 0.3 is 5.97 Å². The zero-order valence-corrected chi connectivity index (χ0v) is 12.0. The molecule has 1 aromatic carbocycles. The Morgan fingerprint density at radius 1 is 1.18 bits per heavy atom. The summed E-state index contributed by atoms with van der Waals surface area (Å²) < 4.78 is 16.1. The number of amides is 1. The molecule has 1 fully saturated rings. The van der Waals surface area contributed by atoms with Gasteiger partial charge in [0.25, 0.3) is 0 Å². The number of aliphatic carboxylic acids is 1. The van der Waals surface area contributed by atoms with Gasteiger partial charge < -0.3 is 24.2 Å². The van der Waals surface area contributed by atoms with Gasteiger partial charge in [-0.2, -0.15) is 0 Å². The van der Waals surface area contributed by atoms with Crippen LogP contribution in [-0.4, -0.2) is 60.9 Å². The van der Waals surface area contributed by atoms with Gasteiger partial charge in [-0.1, -0.05) is 6.07 Å². The molecule has 0 spiro atoms. The topological polar surface area (TPSA) is 85.3 Å². The third kappa shape index (κ3) is 2.99. The second kappa shape index (κ2) is 6.23. The number of morpholine rings is 1. The number of fused-ring (bicyclic) bond motifs is 1. The molecule has 2 aliphatic rings. The number of ether oxygens (including phenoxy) is 3. The average molecular weight is 307 g/mol. The van der Waals surface area contributed by atoms with E-state index < -0.39 is 12.0 Å². The van der Waals surface area contributed by atoms with Gasteiger partial charge in [0, 0.05) is 6.54 Å². The Kier molecular flexibility index (Phi) is 4.15. The molecule has 1 atom stereocenters. The summed E-state index contributed by atoms with van der Waals surface area (Å²) in [5.41, 5.74) is 0.768. The van der Waals surface area contributed by atoms with Crippen LogP contribution in [0.2, 0.25) is 0 Å².